The molecule has 0 saturated heterocycles. The third-order valence-electron chi connectivity index (χ3n) is 4.41. The number of benzene rings is 2. The summed E-state index contributed by atoms with van der Waals surface area (Å²) in [5, 5.41) is 2.96. The molecule has 1 amide bonds. The summed E-state index contributed by atoms with van der Waals surface area (Å²) in [4.78, 5) is 12.8. The summed E-state index contributed by atoms with van der Waals surface area (Å²) in [7, 11) is -3.30. The van der Waals surface area contributed by atoms with Gasteiger partial charge in [-0.1, -0.05) is 36.8 Å². The van der Waals surface area contributed by atoms with Crippen LogP contribution in [0.2, 0.25) is 0 Å². The highest BCUT2D eigenvalue weighted by molar-refractivity contribution is 7.92. The Balaban J connectivity index is 1.75. The van der Waals surface area contributed by atoms with Gasteiger partial charge in [-0.2, -0.15) is 0 Å². The van der Waals surface area contributed by atoms with E-state index in [-0.39, 0.29) is 5.91 Å². The first kappa shape index (κ1) is 16.5. The van der Waals surface area contributed by atoms with Crippen molar-refractivity contribution >= 4 is 27.3 Å². The number of amides is 1. The molecule has 3 rings (SSSR count). The Labute approximate surface area is 142 Å². The molecule has 0 atom stereocenters. The first-order valence-corrected chi connectivity index (χ1v) is 9.73. The van der Waals surface area contributed by atoms with Gasteiger partial charge >= 0.3 is 0 Å². The maximum atomic E-state index is 12.8. The van der Waals surface area contributed by atoms with E-state index in [9.17, 15) is 13.2 Å². The van der Waals surface area contributed by atoms with Crippen LogP contribution >= 0.6 is 0 Å². The molecule has 0 radical (unpaired) electrons. The SMILES string of the molecule is CS(=O)(=O)Nc1ccc(NC(=O)C2(c3ccccc3)CCC2)cc1. The van der Waals surface area contributed by atoms with Gasteiger partial charge in [0.05, 0.1) is 11.7 Å². The van der Waals surface area contributed by atoms with Crippen LogP contribution in [0.15, 0.2) is 54.6 Å². The van der Waals surface area contributed by atoms with Gasteiger partial charge in [0.2, 0.25) is 15.9 Å². The monoisotopic (exact) mass is 344 g/mol. The van der Waals surface area contributed by atoms with E-state index in [0.29, 0.717) is 11.4 Å². The van der Waals surface area contributed by atoms with Crippen molar-refractivity contribution < 1.29 is 13.2 Å². The van der Waals surface area contributed by atoms with Crippen LogP contribution in [-0.2, 0) is 20.2 Å². The summed E-state index contributed by atoms with van der Waals surface area (Å²) in [5.41, 5.74) is 1.72. The average Bonchev–Trinajstić information content (AvgIpc) is 2.48. The van der Waals surface area contributed by atoms with E-state index in [0.717, 1.165) is 31.1 Å². The zero-order valence-corrected chi connectivity index (χ0v) is 14.3. The number of nitrogens with one attached hydrogen (secondary N) is 2. The number of rotatable bonds is 5. The fourth-order valence-corrected chi connectivity index (χ4v) is 3.58. The minimum atomic E-state index is -3.30. The minimum Gasteiger partial charge on any atom is -0.325 e. The molecular formula is C18H20N2O3S. The Bertz CT molecular complexity index is 826. The van der Waals surface area contributed by atoms with E-state index in [4.69, 9.17) is 0 Å². The van der Waals surface area contributed by atoms with Crippen LogP contribution in [0.3, 0.4) is 0 Å². The lowest BCUT2D eigenvalue weighted by molar-refractivity contribution is -0.124. The molecule has 24 heavy (non-hydrogen) atoms. The molecule has 6 heteroatoms. The summed E-state index contributed by atoms with van der Waals surface area (Å²) < 4.78 is 24.8. The highest BCUT2D eigenvalue weighted by Crippen LogP contribution is 2.44. The van der Waals surface area contributed by atoms with Crippen molar-refractivity contribution in [2.45, 2.75) is 24.7 Å². The molecule has 2 aromatic rings. The van der Waals surface area contributed by atoms with E-state index in [1.165, 1.54) is 0 Å². The lowest BCUT2D eigenvalue weighted by Gasteiger charge is -2.40. The van der Waals surface area contributed by atoms with Gasteiger partial charge in [-0.05, 0) is 42.7 Å². The Hall–Kier alpha value is -2.34. The highest BCUT2D eigenvalue weighted by atomic mass is 32.2. The van der Waals surface area contributed by atoms with Crippen molar-refractivity contribution in [2.24, 2.45) is 0 Å². The molecule has 0 heterocycles. The molecule has 5 nitrogen and oxygen atoms in total. The molecule has 1 fully saturated rings. The summed E-state index contributed by atoms with van der Waals surface area (Å²) in [6, 6.07) is 16.5. The second-order valence-corrected chi connectivity index (χ2v) is 7.96. The Kier molecular flexibility index (Phi) is 4.32. The third-order valence-corrected chi connectivity index (χ3v) is 5.02. The van der Waals surface area contributed by atoms with E-state index in [2.05, 4.69) is 10.0 Å². The minimum absolute atomic E-state index is 0.0104. The van der Waals surface area contributed by atoms with Gasteiger partial charge in [0.25, 0.3) is 0 Å². The summed E-state index contributed by atoms with van der Waals surface area (Å²) in [6.45, 7) is 0. The molecule has 0 unspecified atom stereocenters. The van der Waals surface area contributed by atoms with Crippen LogP contribution in [0.5, 0.6) is 0 Å². The van der Waals surface area contributed by atoms with Crippen molar-refractivity contribution in [3.8, 4) is 0 Å². The van der Waals surface area contributed by atoms with Gasteiger partial charge < -0.3 is 5.32 Å². The van der Waals surface area contributed by atoms with E-state index < -0.39 is 15.4 Å². The van der Waals surface area contributed by atoms with Gasteiger partial charge in [0.1, 0.15) is 0 Å². The molecule has 1 saturated carbocycles. The number of hydrogen-bond donors (Lipinski definition) is 2. The fraction of sp³-hybridized carbons (Fsp3) is 0.278. The maximum Gasteiger partial charge on any atom is 0.235 e. The highest BCUT2D eigenvalue weighted by Gasteiger charge is 2.45. The Morgan fingerprint density at radius 3 is 2.04 bits per heavy atom. The quantitative estimate of drug-likeness (QED) is 0.875. The van der Waals surface area contributed by atoms with Crippen molar-refractivity contribution in [3.63, 3.8) is 0 Å². The lowest BCUT2D eigenvalue weighted by Crippen LogP contribution is -2.45. The summed E-state index contributed by atoms with van der Waals surface area (Å²) >= 11 is 0. The van der Waals surface area contributed by atoms with E-state index in [1.807, 2.05) is 30.3 Å². The largest absolute Gasteiger partial charge is 0.325 e. The fourth-order valence-electron chi connectivity index (χ4n) is 3.02. The van der Waals surface area contributed by atoms with Gasteiger partial charge in [-0.25, -0.2) is 8.42 Å². The topological polar surface area (TPSA) is 75.3 Å². The van der Waals surface area contributed by atoms with Crippen molar-refractivity contribution in [2.75, 3.05) is 16.3 Å². The smallest absolute Gasteiger partial charge is 0.235 e. The van der Waals surface area contributed by atoms with Crippen LogP contribution in [-0.4, -0.2) is 20.6 Å². The predicted molar refractivity (Wildman–Crippen MR) is 95.5 cm³/mol. The molecule has 0 aromatic heterocycles. The van der Waals surface area contributed by atoms with Crippen molar-refractivity contribution in [1.29, 1.82) is 0 Å². The lowest BCUT2D eigenvalue weighted by atomic mass is 9.64. The molecule has 2 N–H and O–H groups in total. The number of sulfonamides is 1. The molecule has 2 aromatic carbocycles. The number of carbonyl (C=O) groups excluding carboxylic acids is 1. The number of anilines is 2. The first-order chi connectivity index (χ1) is 11.4. The summed E-state index contributed by atoms with van der Waals surface area (Å²) in [6.07, 6.45) is 3.83. The molecule has 0 bridgehead atoms. The predicted octanol–water partition coefficient (Wildman–Crippen LogP) is 3.12. The van der Waals surface area contributed by atoms with Crippen molar-refractivity contribution in [3.05, 3.63) is 60.2 Å². The van der Waals surface area contributed by atoms with Gasteiger partial charge in [-0.3, -0.25) is 9.52 Å². The van der Waals surface area contributed by atoms with E-state index in [1.54, 1.807) is 24.3 Å². The zero-order valence-electron chi connectivity index (χ0n) is 13.5. The number of carbonyl (C=O) groups is 1. The van der Waals surface area contributed by atoms with Crippen LogP contribution in [0, 0.1) is 0 Å². The second-order valence-electron chi connectivity index (χ2n) is 6.21. The van der Waals surface area contributed by atoms with Gasteiger partial charge in [0, 0.05) is 11.4 Å². The first-order valence-electron chi connectivity index (χ1n) is 7.84. The number of hydrogen-bond acceptors (Lipinski definition) is 3. The maximum absolute atomic E-state index is 12.8. The molecule has 126 valence electrons. The molecule has 1 aliphatic carbocycles. The second kappa shape index (κ2) is 6.28. The molecule has 0 spiro atoms. The molecular weight excluding hydrogens is 324 g/mol. The van der Waals surface area contributed by atoms with Crippen LogP contribution in [0.1, 0.15) is 24.8 Å². The standard InChI is InChI=1S/C18H20N2O3S/c1-24(22,23)20-16-10-8-15(9-11-16)19-17(21)18(12-5-13-18)14-6-3-2-4-7-14/h2-4,6-11,20H,5,12-13H2,1H3,(H,19,21). The van der Waals surface area contributed by atoms with Crippen molar-refractivity contribution in [1.82, 2.24) is 0 Å². The van der Waals surface area contributed by atoms with Crippen LogP contribution in [0.4, 0.5) is 11.4 Å². The summed E-state index contributed by atoms with van der Waals surface area (Å²) in [5.74, 6) is -0.0104. The van der Waals surface area contributed by atoms with Gasteiger partial charge in [0.15, 0.2) is 0 Å². The third kappa shape index (κ3) is 3.43. The van der Waals surface area contributed by atoms with Gasteiger partial charge in [-0.15, -0.1) is 0 Å². The van der Waals surface area contributed by atoms with Crippen LogP contribution < -0.4 is 10.0 Å². The Morgan fingerprint density at radius 2 is 1.54 bits per heavy atom. The molecule has 0 aliphatic heterocycles. The van der Waals surface area contributed by atoms with E-state index >= 15 is 0 Å². The molecule has 1 aliphatic rings. The van der Waals surface area contributed by atoms with Crippen LogP contribution in [0.25, 0.3) is 0 Å². The average molecular weight is 344 g/mol. The normalized spacial score (nSPS) is 16.0. The zero-order chi connectivity index (χ0) is 17.2. The Morgan fingerprint density at radius 1 is 0.958 bits per heavy atom.